The molecule has 5 heteroatoms. The molecule has 1 heterocycles. The zero-order valence-corrected chi connectivity index (χ0v) is 10.9. The van der Waals surface area contributed by atoms with E-state index in [-0.39, 0.29) is 17.0 Å². The number of rotatable bonds is 2. The lowest BCUT2D eigenvalue weighted by Crippen LogP contribution is -2.17. The van der Waals surface area contributed by atoms with E-state index in [2.05, 4.69) is 9.97 Å². The van der Waals surface area contributed by atoms with Crippen LogP contribution in [0.3, 0.4) is 0 Å². The van der Waals surface area contributed by atoms with Crippen molar-refractivity contribution in [1.82, 2.24) is 9.97 Å². The van der Waals surface area contributed by atoms with Crippen LogP contribution in [0.4, 0.5) is 4.39 Å². The monoisotopic (exact) mass is 278 g/mol. The first-order valence-corrected chi connectivity index (χ1v) is 6.57. The number of aromatic nitrogens is 2. The normalized spacial score (nSPS) is 13.6. The first kappa shape index (κ1) is 12.4. The summed E-state index contributed by atoms with van der Waals surface area (Å²) in [6, 6.07) is 4.83. The molecule has 1 aliphatic carbocycles. The second kappa shape index (κ2) is 4.78. The summed E-state index contributed by atoms with van der Waals surface area (Å²) in [5, 5.41) is 0.0843. The van der Waals surface area contributed by atoms with E-state index in [1.165, 1.54) is 6.07 Å². The molecule has 1 aromatic carbocycles. The fourth-order valence-electron chi connectivity index (χ4n) is 2.44. The van der Waals surface area contributed by atoms with Gasteiger partial charge in [-0.3, -0.25) is 4.79 Å². The number of nitrogens with zero attached hydrogens (tertiary/aromatic N) is 1. The van der Waals surface area contributed by atoms with Gasteiger partial charge in [-0.25, -0.2) is 9.37 Å². The number of nitrogens with one attached hydrogen (secondary N) is 1. The number of aromatic amines is 1. The summed E-state index contributed by atoms with van der Waals surface area (Å²) >= 11 is 5.74. The average molecular weight is 279 g/mol. The van der Waals surface area contributed by atoms with E-state index in [1.54, 1.807) is 12.1 Å². The molecule has 0 bridgehead atoms. The first-order chi connectivity index (χ1) is 9.15. The highest BCUT2D eigenvalue weighted by molar-refractivity contribution is 6.30. The molecular formula is C14H12ClFN2O. The van der Waals surface area contributed by atoms with Gasteiger partial charge in [0.1, 0.15) is 11.6 Å². The Morgan fingerprint density at radius 3 is 3.05 bits per heavy atom. The highest BCUT2D eigenvalue weighted by atomic mass is 35.5. The third kappa shape index (κ3) is 2.28. The van der Waals surface area contributed by atoms with Crippen LogP contribution in [0, 0.1) is 5.82 Å². The van der Waals surface area contributed by atoms with Gasteiger partial charge in [-0.1, -0.05) is 23.7 Å². The minimum atomic E-state index is -0.452. The van der Waals surface area contributed by atoms with E-state index in [9.17, 15) is 9.18 Å². The van der Waals surface area contributed by atoms with Crippen LogP contribution in [0.15, 0.2) is 23.0 Å². The van der Waals surface area contributed by atoms with Gasteiger partial charge >= 0.3 is 0 Å². The van der Waals surface area contributed by atoms with E-state index < -0.39 is 5.82 Å². The Kier molecular flexibility index (Phi) is 3.11. The first-order valence-electron chi connectivity index (χ1n) is 6.19. The fourth-order valence-corrected chi connectivity index (χ4v) is 2.64. The molecule has 19 heavy (non-hydrogen) atoms. The van der Waals surface area contributed by atoms with Crippen molar-refractivity contribution >= 4 is 11.6 Å². The SMILES string of the molecule is O=c1[nH]c(Cc2cccc(Cl)c2F)nc2c1CCC2. The molecule has 0 spiro atoms. The second-order valence-corrected chi connectivity index (χ2v) is 5.09. The van der Waals surface area contributed by atoms with Crippen LogP contribution in [0.5, 0.6) is 0 Å². The molecule has 0 amide bonds. The summed E-state index contributed by atoms with van der Waals surface area (Å²) in [7, 11) is 0. The van der Waals surface area contributed by atoms with Gasteiger partial charge in [0.2, 0.25) is 0 Å². The van der Waals surface area contributed by atoms with Crippen molar-refractivity contribution in [1.29, 1.82) is 0 Å². The maximum absolute atomic E-state index is 13.8. The fraction of sp³-hybridized carbons (Fsp3) is 0.286. The van der Waals surface area contributed by atoms with Crippen LogP contribution in [0.2, 0.25) is 5.02 Å². The largest absolute Gasteiger partial charge is 0.310 e. The third-order valence-electron chi connectivity index (χ3n) is 3.38. The van der Waals surface area contributed by atoms with E-state index in [4.69, 9.17) is 11.6 Å². The van der Waals surface area contributed by atoms with Crippen molar-refractivity contribution in [2.45, 2.75) is 25.7 Å². The van der Waals surface area contributed by atoms with Gasteiger partial charge in [0.15, 0.2) is 0 Å². The molecule has 0 saturated heterocycles. The van der Waals surface area contributed by atoms with Gasteiger partial charge in [-0.15, -0.1) is 0 Å². The van der Waals surface area contributed by atoms with Gasteiger partial charge in [-0.2, -0.15) is 0 Å². The summed E-state index contributed by atoms with van der Waals surface area (Å²) < 4.78 is 13.8. The zero-order valence-electron chi connectivity index (χ0n) is 10.2. The molecule has 1 aliphatic rings. The Bertz CT molecular complexity index is 696. The van der Waals surface area contributed by atoms with Crippen molar-refractivity contribution in [3.8, 4) is 0 Å². The standard InChI is InChI=1S/C14H12ClFN2O/c15-10-5-1-3-8(13(10)16)7-12-17-11-6-2-4-9(11)14(19)18-12/h1,3,5H,2,4,6-7H2,(H,17,18,19). The van der Waals surface area contributed by atoms with E-state index in [1.807, 2.05) is 0 Å². The molecule has 2 aromatic rings. The van der Waals surface area contributed by atoms with Crippen LogP contribution in [-0.4, -0.2) is 9.97 Å². The van der Waals surface area contributed by atoms with Crippen molar-refractivity contribution < 1.29 is 4.39 Å². The molecule has 3 nitrogen and oxygen atoms in total. The molecule has 3 rings (SSSR count). The maximum atomic E-state index is 13.8. The van der Waals surface area contributed by atoms with Crippen molar-refractivity contribution in [2.75, 3.05) is 0 Å². The number of halogens is 2. The summed E-state index contributed by atoms with van der Waals surface area (Å²) in [6.07, 6.45) is 2.81. The Hall–Kier alpha value is -1.68. The molecule has 0 saturated carbocycles. The second-order valence-electron chi connectivity index (χ2n) is 4.68. The predicted octanol–water partition coefficient (Wildman–Crippen LogP) is 2.64. The summed E-state index contributed by atoms with van der Waals surface area (Å²) in [4.78, 5) is 19.0. The molecule has 1 aromatic heterocycles. The number of aryl methyl sites for hydroxylation is 1. The molecule has 0 unspecified atom stereocenters. The van der Waals surface area contributed by atoms with Crippen LogP contribution >= 0.6 is 11.6 Å². The van der Waals surface area contributed by atoms with Gasteiger partial charge < -0.3 is 4.98 Å². The molecule has 0 fully saturated rings. The quantitative estimate of drug-likeness (QED) is 0.918. The average Bonchev–Trinajstić information content (AvgIpc) is 2.84. The van der Waals surface area contributed by atoms with Gasteiger partial charge in [0.25, 0.3) is 5.56 Å². The van der Waals surface area contributed by atoms with E-state index in [0.29, 0.717) is 11.4 Å². The summed E-state index contributed by atoms with van der Waals surface area (Å²) in [6.45, 7) is 0. The number of fused-ring (bicyclic) bond motifs is 1. The van der Waals surface area contributed by atoms with E-state index in [0.717, 1.165) is 30.5 Å². The lowest BCUT2D eigenvalue weighted by atomic mass is 10.1. The van der Waals surface area contributed by atoms with E-state index >= 15 is 0 Å². The van der Waals surface area contributed by atoms with Crippen LogP contribution in [-0.2, 0) is 19.3 Å². The Morgan fingerprint density at radius 2 is 2.21 bits per heavy atom. The maximum Gasteiger partial charge on any atom is 0.254 e. The Balaban J connectivity index is 1.98. The highest BCUT2D eigenvalue weighted by Crippen LogP contribution is 2.20. The van der Waals surface area contributed by atoms with Crippen LogP contribution in [0.25, 0.3) is 0 Å². The molecule has 0 radical (unpaired) electrons. The van der Waals surface area contributed by atoms with Gasteiger partial charge in [0.05, 0.1) is 10.7 Å². The minimum absolute atomic E-state index is 0.0843. The number of H-pyrrole nitrogens is 1. The molecule has 0 atom stereocenters. The third-order valence-corrected chi connectivity index (χ3v) is 3.67. The van der Waals surface area contributed by atoms with Gasteiger partial charge in [0, 0.05) is 12.0 Å². The number of benzene rings is 1. The van der Waals surface area contributed by atoms with Crippen molar-refractivity contribution in [3.63, 3.8) is 0 Å². The number of hydrogen-bond acceptors (Lipinski definition) is 2. The predicted molar refractivity (Wildman–Crippen MR) is 71.1 cm³/mol. The minimum Gasteiger partial charge on any atom is -0.310 e. The summed E-state index contributed by atoms with van der Waals surface area (Å²) in [5.74, 6) is 0.0409. The number of hydrogen-bond donors (Lipinski definition) is 1. The molecule has 0 aliphatic heterocycles. The zero-order chi connectivity index (χ0) is 13.4. The highest BCUT2D eigenvalue weighted by Gasteiger charge is 2.17. The Labute approximate surface area is 114 Å². The summed E-state index contributed by atoms with van der Waals surface area (Å²) in [5.41, 5.74) is 1.96. The molecule has 1 N–H and O–H groups in total. The Morgan fingerprint density at radius 1 is 1.37 bits per heavy atom. The van der Waals surface area contributed by atoms with Crippen molar-refractivity contribution in [2.24, 2.45) is 0 Å². The molecular weight excluding hydrogens is 267 g/mol. The lowest BCUT2D eigenvalue weighted by molar-refractivity contribution is 0.612. The smallest absolute Gasteiger partial charge is 0.254 e. The van der Waals surface area contributed by atoms with Crippen molar-refractivity contribution in [3.05, 3.63) is 62.0 Å². The van der Waals surface area contributed by atoms with Gasteiger partial charge in [-0.05, 0) is 30.9 Å². The lowest BCUT2D eigenvalue weighted by Gasteiger charge is -2.06. The molecule has 98 valence electrons. The van der Waals surface area contributed by atoms with Crippen LogP contribution < -0.4 is 5.56 Å². The topological polar surface area (TPSA) is 45.8 Å². The van der Waals surface area contributed by atoms with Crippen LogP contribution in [0.1, 0.15) is 29.1 Å².